The number of methoxy groups -OCH3 is 1. The second-order valence-electron chi connectivity index (χ2n) is 6.09. The molecule has 1 aromatic heterocycles. The molecule has 26 heavy (non-hydrogen) atoms. The molecule has 5 heteroatoms. The van der Waals surface area contributed by atoms with Crippen molar-refractivity contribution in [3.05, 3.63) is 77.5 Å². The van der Waals surface area contributed by atoms with Gasteiger partial charge in [-0.1, -0.05) is 48.0 Å². The molecule has 0 saturated carbocycles. The van der Waals surface area contributed by atoms with E-state index in [1.165, 1.54) is 11.1 Å². The van der Waals surface area contributed by atoms with Crippen LogP contribution in [0, 0.1) is 6.92 Å². The van der Waals surface area contributed by atoms with Gasteiger partial charge in [0.25, 0.3) is 0 Å². The fraction of sp³-hybridized carbons (Fsp3) is 0.238. The van der Waals surface area contributed by atoms with Crippen LogP contribution in [0.1, 0.15) is 16.7 Å². The first-order valence-electron chi connectivity index (χ1n) is 8.73. The fourth-order valence-electron chi connectivity index (χ4n) is 2.66. The first-order valence-corrected chi connectivity index (χ1v) is 8.73. The van der Waals surface area contributed by atoms with Crippen molar-refractivity contribution in [3.8, 4) is 5.75 Å². The minimum Gasteiger partial charge on any atom is -0.496 e. The maximum absolute atomic E-state index is 5.38. The summed E-state index contributed by atoms with van der Waals surface area (Å²) in [4.78, 5) is 8.80. The van der Waals surface area contributed by atoms with Crippen LogP contribution in [0.2, 0.25) is 0 Å². The second-order valence-corrected chi connectivity index (χ2v) is 6.09. The highest BCUT2D eigenvalue weighted by Crippen LogP contribution is 2.17. The molecule has 3 aromatic rings. The summed E-state index contributed by atoms with van der Waals surface area (Å²) in [5, 5.41) is 6.61. The molecule has 0 fully saturated rings. The predicted octanol–water partition coefficient (Wildman–Crippen LogP) is 4.06. The van der Waals surface area contributed by atoms with Crippen LogP contribution in [0.3, 0.4) is 0 Å². The molecule has 5 nitrogen and oxygen atoms in total. The number of para-hydroxylation sites is 1. The lowest BCUT2D eigenvalue weighted by atomic mass is 10.1. The number of ether oxygens (including phenoxy) is 1. The van der Waals surface area contributed by atoms with Crippen molar-refractivity contribution in [3.63, 3.8) is 0 Å². The first kappa shape index (κ1) is 17.7. The highest BCUT2D eigenvalue weighted by molar-refractivity contribution is 5.41. The van der Waals surface area contributed by atoms with Gasteiger partial charge in [-0.3, -0.25) is 0 Å². The number of aryl methyl sites for hydroxylation is 1. The number of hydrogen-bond acceptors (Lipinski definition) is 5. The van der Waals surface area contributed by atoms with E-state index in [0.29, 0.717) is 5.95 Å². The fourth-order valence-corrected chi connectivity index (χ4v) is 2.66. The zero-order valence-electron chi connectivity index (χ0n) is 15.2. The molecule has 0 unspecified atom stereocenters. The average Bonchev–Trinajstić information content (AvgIpc) is 2.68. The lowest BCUT2D eigenvalue weighted by molar-refractivity contribution is 0.410. The number of aromatic nitrogens is 2. The topological polar surface area (TPSA) is 59.1 Å². The summed E-state index contributed by atoms with van der Waals surface area (Å²) in [7, 11) is 1.69. The van der Waals surface area contributed by atoms with Crippen LogP contribution in [0.25, 0.3) is 0 Å². The summed E-state index contributed by atoms with van der Waals surface area (Å²) >= 11 is 0. The highest BCUT2D eigenvalue weighted by atomic mass is 16.5. The van der Waals surface area contributed by atoms with E-state index >= 15 is 0 Å². The van der Waals surface area contributed by atoms with Crippen molar-refractivity contribution in [2.24, 2.45) is 0 Å². The molecule has 0 aliphatic carbocycles. The molecule has 0 atom stereocenters. The summed E-state index contributed by atoms with van der Waals surface area (Å²) in [5.41, 5.74) is 3.65. The molecule has 2 N–H and O–H groups in total. The Kier molecular flexibility index (Phi) is 6.04. The normalized spacial score (nSPS) is 10.4. The van der Waals surface area contributed by atoms with Crippen molar-refractivity contribution in [2.75, 3.05) is 24.3 Å². The molecule has 0 aliphatic heterocycles. The largest absolute Gasteiger partial charge is 0.496 e. The zero-order chi connectivity index (χ0) is 18.2. The van der Waals surface area contributed by atoms with Crippen LogP contribution in [-0.2, 0) is 13.0 Å². The predicted molar refractivity (Wildman–Crippen MR) is 106 cm³/mol. The summed E-state index contributed by atoms with van der Waals surface area (Å²) in [6.07, 6.45) is 2.60. The van der Waals surface area contributed by atoms with Gasteiger partial charge in [0.2, 0.25) is 5.95 Å². The van der Waals surface area contributed by atoms with Crippen LogP contribution in [0.5, 0.6) is 5.75 Å². The van der Waals surface area contributed by atoms with Crippen molar-refractivity contribution < 1.29 is 4.74 Å². The van der Waals surface area contributed by atoms with Crippen molar-refractivity contribution in [1.29, 1.82) is 0 Å². The van der Waals surface area contributed by atoms with Gasteiger partial charge in [-0.25, -0.2) is 4.98 Å². The van der Waals surface area contributed by atoms with Crippen molar-refractivity contribution in [2.45, 2.75) is 19.9 Å². The number of nitrogens with zero attached hydrogens (tertiary/aromatic N) is 2. The Bertz CT molecular complexity index is 833. The Hall–Kier alpha value is -3.08. The molecule has 0 spiro atoms. The average molecular weight is 348 g/mol. The molecule has 0 bridgehead atoms. The van der Waals surface area contributed by atoms with Crippen molar-refractivity contribution in [1.82, 2.24) is 9.97 Å². The molecule has 0 amide bonds. The third kappa shape index (κ3) is 4.96. The van der Waals surface area contributed by atoms with E-state index in [-0.39, 0.29) is 0 Å². The Labute approximate surface area is 154 Å². The van der Waals surface area contributed by atoms with Gasteiger partial charge in [0.1, 0.15) is 11.6 Å². The highest BCUT2D eigenvalue weighted by Gasteiger charge is 2.03. The van der Waals surface area contributed by atoms with Crippen LogP contribution < -0.4 is 15.4 Å². The van der Waals surface area contributed by atoms with Gasteiger partial charge in [-0.15, -0.1) is 0 Å². The lowest BCUT2D eigenvalue weighted by Crippen LogP contribution is -2.10. The molecule has 3 rings (SSSR count). The van der Waals surface area contributed by atoms with Crippen LogP contribution >= 0.6 is 0 Å². The van der Waals surface area contributed by atoms with E-state index < -0.39 is 0 Å². The van der Waals surface area contributed by atoms with Crippen LogP contribution in [-0.4, -0.2) is 23.6 Å². The number of rotatable bonds is 8. The van der Waals surface area contributed by atoms with E-state index in [1.807, 2.05) is 24.3 Å². The third-order valence-electron chi connectivity index (χ3n) is 4.12. The monoisotopic (exact) mass is 348 g/mol. The Morgan fingerprint density at radius 3 is 2.58 bits per heavy atom. The Balaban J connectivity index is 1.53. The Morgan fingerprint density at radius 1 is 0.962 bits per heavy atom. The van der Waals surface area contributed by atoms with Crippen LogP contribution in [0.15, 0.2) is 60.8 Å². The van der Waals surface area contributed by atoms with Gasteiger partial charge in [0.15, 0.2) is 0 Å². The second kappa shape index (κ2) is 8.85. The molecular formula is C21H24N4O. The molecule has 0 saturated heterocycles. The van der Waals surface area contributed by atoms with E-state index in [9.17, 15) is 0 Å². The molecule has 0 radical (unpaired) electrons. The maximum Gasteiger partial charge on any atom is 0.224 e. The molecular weight excluding hydrogens is 324 g/mol. The SMILES string of the molecule is COc1ccccc1CCNc1nccc(NCc2ccc(C)cc2)n1. The molecule has 0 aliphatic rings. The third-order valence-corrected chi connectivity index (χ3v) is 4.12. The van der Waals surface area contributed by atoms with Gasteiger partial charge < -0.3 is 15.4 Å². The van der Waals surface area contributed by atoms with E-state index in [0.717, 1.165) is 36.6 Å². The zero-order valence-corrected chi connectivity index (χ0v) is 15.2. The number of nitrogens with one attached hydrogen (secondary N) is 2. The molecule has 1 heterocycles. The lowest BCUT2D eigenvalue weighted by Gasteiger charge is -2.10. The summed E-state index contributed by atoms with van der Waals surface area (Å²) in [6, 6.07) is 18.4. The summed E-state index contributed by atoms with van der Waals surface area (Å²) in [5.74, 6) is 2.33. The summed E-state index contributed by atoms with van der Waals surface area (Å²) in [6.45, 7) is 3.56. The van der Waals surface area contributed by atoms with Gasteiger partial charge >= 0.3 is 0 Å². The van der Waals surface area contributed by atoms with Gasteiger partial charge in [0.05, 0.1) is 7.11 Å². The standard InChI is InChI=1S/C21H24N4O/c1-16-7-9-17(10-8-16)15-24-20-12-14-23-21(25-20)22-13-11-18-5-3-4-6-19(18)26-2/h3-10,12,14H,11,13,15H2,1-2H3,(H2,22,23,24,25). The van der Waals surface area contributed by atoms with Crippen LogP contribution in [0.4, 0.5) is 11.8 Å². The Morgan fingerprint density at radius 2 is 1.77 bits per heavy atom. The minimum absolute atomic E-state index is 0.619. The maximum atomic E-state index is 5.38. The van der Waals surface area contributed by atoms with Gasteiger partial charge in [-0.05, 0) is 36.6 Å². The smallest absolute Gasteiger partial charge is 0.224 e. The van der Waals surface area contributed by atoms with Crippen molar-refractivity contribution >= 4 is 11.8 Å². The van der Waals surface area contributed by atoms with E-state index in [1.54, 1.807) is 13.3 Å². The number of anilines is 2. The number of hydrogen-bond donors (Lipinski definition) is 2. The summed E-state index contributed by atoms with van der Waals surface area (Å²) < 4.78 is 5.38. The van der Waals surface area contributed by atoms with Gasteiger partial charge in [0, 0.05) is 19.3 Å². The minimum atomic E-state index is 0.619. The van der Waals surface area contributed by atoms with Gasteiger partial charge in [-0.2, -0.15) is 4.98 Å². The van der Waals surface area contributed by atoms with E-state index in [4.69, 9.17) is 4.74 Å². The molecule has 2 aromatic carbocycles. The number of benzene rings is 2. The molecule has 134 valence electrons. The first-order chi connectivity index (χ1) is 12.7. The van der Waals surface area contributed by atoms with E-state index in [2.05, 4.69) is 57.9 Å². The quantitative estimate of drug-likeness (QED) is 0.643.